The maximum Gasteiger partial charge on any atom is 0.163 e. The van der Waals surface area contributed by atoms with Crippen LogP contribution in [0.1, 0.15) is 49.4 Å². The van der Waals surface area contributed by atoms with Crippen molar-refractivity contribution >= 4 is 40.4 Å². The van der Waals surface area contributed by atoms with Crippen molar-refractivity contribution in [3.05, 3.63) is 68.3 Å². The third kappa shape index (κ3) is 3.42. The predicted octanol–water partition coefficient (Wildman–Crippen LogP) is 6.83. The van der Waals surface area contributed by atoms with Gasteiger partial charge >= 0.3 is 0 Å². The second-order valence-electron chi connectivity index (χ2n) is 8.69. The Balaban J connectivity index is 1.91. The summed E-state index contributed by atoms with van der Waals surface area (Å²) in [5, 5.41) is 8.18. The van der Waals surface area contributed by atoms with Crippen molar-refractivity contribution in [1.82, 2.24) is 0 Å². The average Bonchev–Trinajstić information content (AvgIpc) is 2.73. The minimum atomic E-state index is -0.274. The number of aryl methyl sites for hydroxylation is 2. The summed E-state index contributed by atoms with van der Waals surface area (Å²) in [6.07, 6.45) is 1.35. The van der Waals surface area contributed by atoms with Gasteiger partial charge in [-0.15, -0.1) is 0 Å². The van der Waals surface area contributed by atoms with Crippen LogP contribution in [0.3, 0.4) is 0 Å². The first-order valence-corrected chi connectivity index (χ1v) is 10.3. The van der Waals surface area contributed by atoms with Gasteiger partial charge in [-0.3, -0.25) is 4.79 Å². The first-order valence-electron chi connectivity index (χ1n) is 9.51. The van der Waals surface area contributed by atoms with E-state index in [0.717, 1.165) is 34.6 Å². The fraction of sp³-hybridized carbons (Fsp3) is 0.348. The number of carbonyl (C=O) groups excluding carboxylic acids is 1. The Labute approximate surface area is 176 Å². The quantitative estimate of drug-likeness (QED) is 0.536. The number of hydrogen-bond donors (Lipinski definition) is 2. The van der Waals surface area contributed by atoms with Crippen molar-refractivity contribution in [2.24, 2.45) is 5.41 Å². The van der Waals surface area contributed by atoms with E-state index in [1.165, 1.54) is 11.1 Å². The second-order valence-corrected chi connectivity index (χ2v) is 9.51. The third-order valence-electron chi connectivity index (χ3n) is 5.70. The number of fused-ring (bicyclic) bond motifs is 1. The molecule has 0 saturated heterocycles. The minimum Gasteiger partial charge on any atom is -0.372 e. The van der Waals surface area contributed by atoms with Gasteiger partial charge in [0.25, 0.3) is 0 Å². The lowest BCUT2D eigenvalue weighted by atomic mass is 9.73. The second kappa shape index (κ2) is 6.82. The summed E-state index contributed by atoms with van der Waals surface area (Å²) in [5.74, 6) is 0.170. The van der Waals surface area contributed by atoms with E-state index in [1.54, 1.807) is 6.07 Å². The number of allylic oxidation sites excluding steroid dienone is 1. The van der Waals surface area contributed by atoms with Gasteiger partial charge in [0.1, 0.15) is 0 Å². The molecule has 0 amide bonds. The molecule has 146 valence electrons. The maximum absolute atomic E-state index is 13.2. The van der Waals surface area contributed by atoms with Crippen LogP contribution in [0.4, 0.5) is 11.4 Å². The van der Waals surface area contributed by atoms with Crippen molar-refractivity contribution in [3.63, 3.8) is 0 Å². The van der Waals surface area contributed by atoms with Crippen LogP contribution >= 0.6 is 23.2 Å². The molecule has 1 aliphatic heterocycles. The molecule has 1 heterocycles. The molecule has 2 aromatic rings. The summed E-state index contributed by atoms with van der Waals surface area (Å²) in [4.78, 5) is 13.2. The molecule has 0 spiro atoms. The molecule has 0 fully saturated rings. The summed E-state index contributed by atoms with van der Waals surface area (Å²) in [6, 6.07) is 9.59. The standard InChI is InChI=1S/C23H24Cl2N2O/c1-12-7-17-18(8-13(12)2)27-22(14-5-6-15(24)16(25)9-14)21-19(26-17)10-23(3,4)11-20(21)28/h5-9,22,26-27H,10-11H2,1-4H3. The van der Waals surface area contributed by atoms with E-state index in [-0.39, 0.29) is 17.2 Å². The molecule has 2 N–H and O–H groups in total. The zero-order chi connectivity index (χ0) is 20.2. The van der Waals surface area contributed by atoms with Crippen LogP contribution in [-0.4, -0.2) is 5.78 Å². The molecule has 0 radical (unpaired) electrons. The van der Waals surface area contributed by atoms with E-state index in [2.05, 4.69) is 50.5 Å². The van der Waals surface area contributed by atoms with Gasteiger partial charge < -0.3 is 10.6 Å². The molecular formula is C23H24Cl2N2O. The molecule has 5 heteroatoms. The summed E-state index contributed by atoms with van der Waals surface area (Å²) in [6.45, 7) is 8.48. The predicted molar refractivity (Wildman–Crippen MR) is 117 cm³/mol. The van der Waals surface area contributed by atoms with Crippen LogP contribution in [-0.2, 0) is 4.79 Å². The van der Waals surface area contributed by atoms with Crippen LogP contribution in [0.2, 0.25) is 10.0 Å². The highest BCUT2D eigenvalue weighted by Gasteiger charge is 2.38. The van der Waals surface area contributed by atoms with Crippen LogP contribution in [0.15, 0.2) is 41.6 Å². The number of anilines is 2. The first-order chi connectivity index (χ1) is 13.1. The highest BCUT2D eigenvalue weighted by molar-refractivity contribution is 6.42. The van der Waals surface area contributed by atoms with Gasteiger partial charge in [0.15, 0.2) is 5.78 Å². The number of Topliss-reactive ketones (excluding diaryl/α,β-unsaturated/α-hetero) is 1. The zero-order valence-corrected chi connectivity index (χ0v) is 18.1. The average molecular weight is 415 g/mol. The lowest BCUT2D eigenvalue weighted by molar-refractivity contribution is -0.118. The van der Waals surface area contributed by atoms with Crippen LogP contribution in [0, 0.1) is 19.3 Å². The molecule has 1 atom stereocenters. The Morgan fingerprint density at radius 1 is 0.964 bits per heavy atom. The molecule has 2 aromatic carbocycles. The minimum absolute atomic E-state index is 0.0741. The topological polar surface area (TPSA) is 41.1 Å². The van der Waals surface area contributed by atoms with E-state index >= 15 is 0 Å². The summed E-state index contributed by atoms with van der Waals surface area (Å²) < 4.78 is 0. The third-order valence-corrected chi connectivity index (χ3v) is 6.44. The van der Waals surface area contributed by atoms with E-state index in [1.807, 2.05) is 12.1 Å². The normalized spacial score (nSPS) is 20.6. The van der Waals surface area contributed by atoms with Gasteiger partial charge in [-0.05, 0) is 66.6 Å². The first kappa shape index (κ1) is 19.4. The van der Waals surface area contributed by atoms with Gasteiger partial charge in [-0.1, -0.05) is 43.1 Å². The smallest absolute Gasteiger partial charge is 0.163 e. The van der Waals surface area contributed by atoms with Crippen molar-refractivity contribution in [2.45, 2.75) is 46.6 Å². The SMILES string of the molecule is Cc1cc2c(cc1C)NC(c1ccc(Cl)c(Cl)c1)C1=C(CC(C)(C)CC1=O)N2. The molecule has 0 bridgehead atoms. The largest absolute Gasteiger partial charge is 0.372 e. The number of ketones is 1. The highest BCUT2D eigenvalue weighted by atomic mass is 35.5. The fourth-order valence-corrected chi connectivity index (χ4v) is 4.46. The number of nitrogens with one attached hydrogen (secondary N) is 2. The van der Waals surface area contributed by atoms with Crippen molar-refractivity contribution in [2.75, 3.05) is 10.6 Å². The molecule has 1 unspecified atom stereocenters. The van der Waals surface area contributed by atoms with Crippen LogP contribution in [0.5, 0.6) is 0 Å². The lowest BCUT2D eigenvalue weighted by Crippen LogP contribution is -2.31. The molecule has 2 aliphatic rings. The molecular weight excluding hydrogens is 391 g/mol. The Kier molecular flexibility index (Phi) is 4.71. The molecule has 0 saturated carbocycles. The Hall–Kier alpha value is -1.97. The van der Waals surface area contributed by atoms with Gasteiger partial charge in [0, 0.05) is 17.7 Å². The monoisotopic (exact) mass is 414 g/mol. The van der Waals surface area contributed by atoms with Crippen LogP contribution < -0.4 is 10.6 Å². The van der Waals surface area contributed by atoms with Crippen molar-refractivity contribution in [3.8, 4) is 0 Å². The summed E-state index contributed by atoms with van der Waals surface area (Å²) in [7, 11) is 0. The Morgan fingerprint density at radius 2 is 1.64 bits per heavy atom. The summed E-state index contributed by atoms with van der Waals surface area (Å²) in [5.41, 5.74) is 7.05. The van der Waals surface area contributed by atoms with E-state index in [4.69, 9.17) is 23.2 Å². The number of benzene rings is 2. The highest BCUT2D eigenvalue weighted by Crippen LogP contribution is 2.46. The molecule has 0 aromatic heterocycles. The summed E-state index contributed by atoms with van der Waals surface area (Å²) >= 11 is 12.4. The molecule has 4 rings (SSSR count). The Bertz CT molecular complexity index is 1020. The number of halogens is 2. The van der Waals surface area contributed by atoms with Crippen LogP contribution in [0.25, 0.3) is 0 Å². The fourth-order valence-electron chi connectivity index (χ4n) is 4.15. The lowest BCUT2D eigenvalue weighted by Gasteiger charge is -2.34. The van der Waals surface area contributed by atoms with Gasteiger partial charge in [-0.2, -0.15) is 0 Å². The van der Waals surface area contributed by atoms with Gasteiger partial charge in [0.05, 0.1) is 27.5 Å². The molecule has 28 heavy (non-hydrogen) atoms. The van der Waals surface area contributed by atoms with Crippen molar-refractivity contribution in [1.29, 1.82) is 0 Å². The molecule has 3 nitrogen and oxygen atoms in total. The van der Waals surface area contributed by atoms with Gasteiger partial charge in [-0.25, -0.2) is 0 Å². The molecule has 1 aliphatic carbocycles. The van der Waals surface area contributed by atoms with Crippen molar-refractivity contribution < 1.29 is 4.79 Å². The Morgan fingerprint density at radius 3 is 2.32 bits per heavy atom. The van der Waals surface area contributed by atoms with E-state index in [9.17, 15) is 4.79 Å². The van der Waals surface area contributed by atoms with E-state index < -0.39 is 0 Å². The number of carbonyl (C=O) groups is 1. The zero-order valence-electron chi connectivity index (χ0n) is 16.5. The number of rotatable bonds is 1. The number of hydrogen-bond acceptors (Lipinski definition) is 3. The maximum atomic E-state index is 13.2. The van der Waals surface area contributed by atoms with Gasteiger partial charge in [0.2, 0.25) is 0 Å². The van der Waals surface area contributed by atoms with E-state index in [0.29, 0.717) is 16.5 Å².